The van der Waals surface area contributed by atoms with Gasteiger partial charge in [0.25, 0.3) is 5.91 Å². The number of carbonyl (C=O) groups excluding carboxylic acids is 1. The van der Waals surface area contributed by atoms with Crippen LogP contribution in [0.15, 0.2) is 110 Å². The zero-order chi connectivity index (χ0) is 25.6. The van der Waals surface area contributed by atoms with Crippen molar-refractivity contribution in [2.75, 3.05) is 7.11 Å². The number of fused-ring (bicyclic) bond motifs is 1. The maximum atomic E-state index is 13.5. The molecular weight excluding hydrogens is 462 g/mol. The number of aromatic nitrogens is 2. The zero-order valence-corrected chi connectivity index (χ0v) is 20.5. The molecule has 5 rings (SSSR count). The molecule has 0 aliphatic carbocycles. The number of nitrogens with zero attached hydrogens (tertiary/aromatic N) is 2. The molecule has 6 heteroatoms. The quantitative estimate of drug-likeness (QED) is 0.283. The second-order valence-electron chi connectivity index (χ2n) is 8.52. The van der Waals surface area contributed by atoms with E-state index in [4.69, 9.17) is 9.57 Å². The van der Waals surface area contributed by atoms with Gasteiger partial charge in [-0.05, 0) is 53.1 Å². The second-order valence-corrected chi connectivity index (χ2v) is 8.52. The van der Waals surface area contributed by atoms with Gasteiger partial charge in [0, 0.05) is 5.56 Å². The fraction of sp³-hybridized carbons (Fsp3) is 0.0968. The molecule has 0 aliphatic heterocycles. The van der Waals surface area contributed by atoms with E-state index >= 15 is 0 Å². The average Bonchev–Trinajstić information content (AvgIpc) is 3.32. The minimum Gasteiger partial charge on any atom is -0.497 e. The van der Waals surface area contributed by atoms with Crippen LogP contribution in [0.5, 0.6) is 5.75 Å². The van der Waals surface area contributed by atoms with E-state index in [1.54, 1.807) is 30.0 Å². The van der Waals surface area contributed by atoms with E-state index in [0.29, 0.717) is 29.0 Å². The highest BCUT2D eigenvalue weighted by atomic mass is 16.7. The molecule has 0 aliphatic rings. The van der Waals surface area contributed by atoms with Crippen LogP contribution in [-0.4, -0.2) is 22.7 Å². The lowest BCUT2D eigenvalue weighted by atomic mass is 9.98. The molecule has 0 fully saturated rings. The van der Waals surface area contributed by atoms with Gasteiger partial charge < -0.3 is 14.9 Å². The maximum absolute atomic E-state index is 13.5. The van der Waals surface area contributed by atoms with Gasteiger partial charge in [-0.15, -0.1) is 0 Å². The number of carbonyl (C=O) groups is 1. The predicted octanol–water partition coefficient (Wildman–Crippen LogP) is 5.84. The summed E-state index contributed by atoms with van der Waals surface area (Å²) in [5.74, 6) is 1.15. The van der Waals surface area contributed by atoms with Crippen LogP contribution in [0.4, 0.5) is 0 Å². The molecule has 5 aromatic rings. The molecule has 184 valence electrons. The fourth-order valence-electron chi connectivity index (χ4n) is 4.20. The van der Waals surface area contributed by atoms with Crippen molar-refractivity contribution in [3.63, 3.8) is 0 Å². The van der Waals surface area contributed by atoms with E-state index in [9.17, 15) is 4.79 Å². The van der Waals surface area contributed by atoms with Crippen molar-refractivity contribution in [3.8, 4) is 5.75 Å². The van der Waals surface area contributed by atoms with Crippen LogP contribution in [0.2, 0.25) is 0 Å². The van der Waals surface area contributed by atoms with Crippen molar-refractivity contribution in [1.29, 1.82) is 0 Å². The van der Waals surface area contributed by atoms with Gasteiger partial charge in [0.15, 0.2) is 5.82 Å². The third kappa shape index (κ3) is 5.23. The fourth-order valence-corrected chi connectivity index (χ4v) is 4.20. The molecule has 4 aromatic carbocycles. The number of ether oxygens (including phenoxy) is 1. The summed E-state index contributed by atoms with van der Waals surface area (Å²) in [5.41, 5.74) is 4.89. The number of rotatable bonds is 9. The minimum absolute atomic E-state index is 0.192. The predicted molar refractivity (Wildman–Crippen MR) is 145 cm³/mol. The van der Waals surface area contributed by atoms with Gasteiger partial charge in [-0.3, -0.25) is 4.79 Å². The summed E-state index contributed by atoms with van der Waals surface area (Å²) in [4.78, 5) is 24.2. The smallest absolute Gasteiger partial charge is 0.252 e. The van der Waals surface area contributed by atoms with Gasteiger partial charge in [-0.25, -0.2) is 4.98 Å². The van der Waals surface area contributed by atoms with Crippen LogP contribution in [0.3, 0.4) is 0 Å². The van der Waals surface area contributed by atoms with Crippen LogP contribution in [-0.2, 0) is 6.61 Å². The molecule has 1 N–H and O–H groups in total. The first-order chi connectivity index (χ1) is 18.2. The topological polar surface area (TPSA) is 65.4 Å². The number of hydrogen-bond donors (Lipinski definition) is 1. The van der Waals surface area contributed by atoms with E-state index < -0.39 is 0 Å². The summed E-state index contributed by atoms with van der Waals surface area (Å²) in [7, 11) is 1.63. The van der Waals surface area contributed by atoms with Crippen molar-refractivity contribution in [1.82, 2.24) is 15.0 Å². The Labute approximate surface area is 215 Å². The van der Waals surface area contributed by atoms with Crippen molar-refractivity contribution in [2.45, 2.75) is 12.6 Å². The molecule has 1 heterocycles. The summed E-state index contributed by atoms with van der Waals surface area (Å²) in [5, 5.41) is 3.20. The van der Waals surface area contributed by atoms with E-state index in [-0.39, 0.29) is 11.9 Å². The van der Waals surface area contributed by atoms with E-state index in [0.717, 1.165) is 22.4 Å². The second kappa shape index (κ2) is 10.8. The van der Waals surface area contributed by atoms with Crippen molar-refractivity contribution >= 4 is 23.0 Å². The van der Waals surface area contributed by atoms with E-state index in [1.165, 1.54) is 0 Å². The van der Waals surface area contributed by atoms with Crippen molar-refractivity contribution in [2.24, 2.45) is 0 Å². The van der Waals surface area contributed by atoms with E-state index in [2.05, 4.69) is 16.9 Å². The summed E-state index contributed by atoms with van der Waals surface area (Å²) >= 11 is 0. The van der Waals surface area contributed by atoms with Crippen LogP contribution in [0, 0.1) is 0 Å². The average molecular weight is 490 g/mol. The molecule has 0 saturated carbocycles. The SMILES string of the molecule is C=Cc1nc2ccc(C(=O)NC(c3ccccc3)c3ccccc3)cc2n1OCc1ccc(OC)cc1. The number of benzene rings is 4. The molecule has 6 nitrogen and oxygen atoms in total. The lowest BCUT2D eigenvalue weighted by Crippen LogP contribution is -2.29. The summed E-state index contributed by atoms with van der Waals surface area (Å²) < 4.78 is 6.85. The Morgan fingerprint density at radius 2 is 1.59 bits per heavy atom. The van der Waals surface area contributed by atoms with Gasteiger partial charge in [0.05, 0.1) is 18.7 Å². The zero-order valence-electron chi connectivity index (χ0n) is 20.5. The third-order valence-corrected chi connectivity index (χ3v) is 6.14. The van der Waals surface area contributed by atoms with Gasteiger partial charge in [-0.1, -0.05) is 79.4 Å². The first-order valence-electron chi connectivity index (χ1n) is 12.0. The van der Waals surface area contributed by atoms with Gasteiger partial charge in [0.1, 0.15) is 17.9 Å². The van der Waals surface area contributed by atoms with Crippen LogP contribution in [0.1, 0.15) is 38.9 Å². The molecule has 37 heavy (non-hydrogen) atoms. The summed E-state index contributed by atoms with van der Waals surface area (Å²) in [6, 6.07) is 32.6. The molecule has 0 atom stereocenters. The number of imidazole rings is 1. The number of amides is 1. The van der Waals surface area contributed by atoms with E-state index in [1.807, 2.05) is 91.0 Å². The summed E-state index contributed by atoms with van der Waals surface area (Å²) in [6.45, 7) is 4.19. The molecule has 0 spiro atoms. The Kier molecular flexibility index (Phi) is 6.99. The van der Waals surface area contributed by atoms with Crippen LogP contribution >= 0.6 is 0 Å². The van der Waals surface area contributed by atoms with Crippen molar-refractivity contribution < 1.29 is 14.4 Å². The standard InChI is InChI=1S/C31H27N3O3/c1-3-29-32-27-19-16-25(20-28(27)34(29)37-21-22-14-17-26(36-2)18-15-22)31(35)33-30(23-10-6-4-7-11-23)24-12-8-5-9-13-24/h3-20,30H,1,21H2,2H3,(H,33,35). The Morgan fingerprint density at radius 3 is 2.19 bits per heavy atom. The highest BCUT2D eigenvalue weighted by Crippen LogP contribution is 2.24. The lowest BCUT2D eigenvalue weighted by molar-refractivity contribution is 0.0942. The normalized spacial score (nSPS) is 10.9. The monoisotopic (exact) mass is 489 g/mol. The highest BCUT2D eigenvalue weighted by molar-refractivity contribution is 5.98. The molecular formula is C31H27N3O3. The first kappa shape index (κ1) is 23.9. The Morgan fingerprint density at radius 1 is 0.946 bits per heavy atom. The molecule has 0 saturated heterocycles. The molecule has 0 radical (unpaired) electrons. The van der Waals surface area contributed by atoms with Crippen molar-refractivity contribution in [3.05, 3.63) is 138 Å². The summed E-state index contributed by atoms with van der Waals surface area (Å²) in [6.07, 6.45) is 1.63. The Bertz CT molecular complexity index is 1470. The molecule has 1 amide bonds. The molecule has 0 unspecified atom stereocenters. The first-order valence-corrected chi connectivity index (χ1v) is 12.0. The minimum atomic E-state index is -0.287. The van der Waals surface area contributed by atoms with Crippen LogP contribution in [0.25, 0.3) is 17.1 Å². The van der Waals surface area contributed by atoms with Gasteiger partial charge in [-0.2, -0.15) is 4.73 Å². The maximum Gasteiger partial charge on any atom is 0.252 e. The largest absolute Gasteiger partial charge is 0.497 e. The Balaban J connectivity index is 1.43. The number of methoxy groups -OCH3 is 1. The highest BCUT2D eigenvalue weighted by Gasteiger charge is 2.19. The number of nitrogens with one attached hydrogen (secondary N) is 1. The lowest BCUT2D eigenvalue weighted by Gasteiger charge is -2.20. The van der Waals surface area contributed by atoms with Gasteiger partial charge in [0.2, 0.25) is 0 Å². The van der Waals surface area contributed by atoms with Crippen LogP contribution < -0.4 is 14.9 Å². The third-order valence-electron chi connectivity index (χ3n) is 6.14. The Hall–Kier alpha value is -4.84. The number of hydrogen-bond acceptors (Lipinski definition) is 4. The van der Waals surface area contributed by atoms with Gasteiger partial charge >= 0.3 is 0 Å². The molecule has 1 aromatic heterocycles. The molecule has 0 bridgehead atoms.